The number of nitrogens with zero attached hydrogens (tertiary/aromatic N) is 1. The van der Waals surface area contributed by atoms with Gasteiger partial charge < -0.3 is 5.41 Å². The van der Waals surface area contributed by atoms with E-state index in [0.717, 1.165) is 0 Å². The van der Waals surface area contributed by atoms with Gasteiger partial charge in [0.05, 0.1) is 5.92 Å². The number of rotatable bonds is 1. The van der Waals surface area contributed by atoms with Gasteiger partial charge in [-0.05, 0) is 6.08 Å². The van der Waals surface area contributed by atoms with E-state index in [2.05, 4.69) is 14.7 Å². The standard InChI is InChI=1S/C9H9N3O2/c10-7-3-1-2-6(4-5-7)8-11-9(13)14-12-8/h1-2,4-6,10H,3H2,(H,11,12,13). The van der Waals surface area contributed by atoms with Crippen LogP contribution in [0.3, 0.4) is 0 Å². The van der Waals surface area contributed by atoms with Crippen LogP contribution in [0.1, 0.15) is 18.2 Å². The third kappa shape index (κ3) is 1.71. The molecule has 1 heterocycles. The number of hydrogen-bond acceptors (Lipinski definition) is 4. The summed E-state index contributed by atoms with van der Waals surface area (Å²) in [5.41, 5.74) is 0.537. The Balaban J connectivity index is 2.31. The van der Waals surface area contributed by atoms with Gasteiger partial charge in [0.1, 0.15) is 0 Å². The third-order valence-electron chi connectivity index (χ3n) is 1.96. The van der Waals surface area contributed by atoms with Crippen molar-refractivity contribution in [2.24, 2.45) is 0 Å². The van der Waals surface area contributed by atoms with E-state index in [9.17, 15) is 4.79 Å². The highest BCUT2D eigenvalue weighted by Gasteiger charge is 2.11. The van der Waals surface area contributed by atoms with Gasteiger partial charge in [-0.2, -0.15) is 0 Å². The summed E-state index contributed by atoms with van der Waals surface area (Å²) in [6.45, 7) is 0. The Bertz CT molecular complexity index is 453. The average molecular weight is 191 g/mol. The maximum Gasteiger partial charge on any atom is 0.438 e. The van der Waals surface area contributed by atoms with E-state index >= 15 is 0 Å². The van der Waals surface area contributed by atoms with Gasteiger partial charge in [-0.15, -0.1) is 0 Å². The first-order chi connectivity index (χ1) is 6.75. The van der Waals surface area contributed by atoms with E-state index in [0.29, 0.717) is 18.0 Å². The minimum absolute atomic E-state index is 0.107. The van der Waals surface area contributed by atoms with Crippen molar-refractivity contribution in [1.82, 2.24) is 10.1 Å². The fourth-order valence-corrected chi connectivity index (χ4v) is 1.26. The summed E-state index contributed by atoms with van der Waals surface area (Å²) < 4.78 is 4.40. The van der Waals surface area contributed by atoms with Crippen molar-refractivity contribution < 1.29 is 4.52 Å². The van der Waals surface area contributed by atoms with E-state index in [-0.39, 0.29) is 5.92 Å². The Labute approximate surface area is 79.6 Å². The van der Waals surface area contributed by atoms with Crippen LogP contribution in [0.2, 0.25) is 0 Å². The lowest BCUT2D eigenvalue weighted by molar-refractivity contribution is 0.381. The third-order valence-corrected chi connectivity index (χ3v) is 1.96. The molecule has 0 aliphatic heterocycles. The first-order valence-electron chi connectivity index (χ1n) is 4.24. The molecule has 1 unspecified atom stereocenters. The summed E-state index contributed by atoms with van der Waals surface area (Å²) in [4.78, 5) is 13.2. The lowest BCUT2D eigenvalue weighted by Gasteiger charge is -1.98. The molecule has 72 valence electrons. The molecule has 0 bridgehead atoms. The predicted octanol–water partition coefficient (Wildman–Crippen LogP) is 0.982. The molecule has 1 aromatic heterocycles. The van der Waals surface area contributed by atoms with E-state index in [1.807, 2.05) is 12.2 Å². The molecule has 5 nitrogen and oxygen atoms in total. The van der Waals surface area contributed by atoms with Crippen LogP contribution in [-0.4, -0.2) is 15.9 Å². The summed E-state index contributed by atoms with van der Waals surface area (Å²) in [6, 6.07) is 0. The molecular formula is C9H9N3O2. The Morgan fingerprint density at radius 1 is 1.57 bits per heavy atom. The zero-order valence-corrected chi connectivity index (χ0v) is 7.36. The van der Waals surface area contributed by atoms with Crippen molar-refractivity contribution in [2.45, 2.75) is 12.3 Å². The molecule has 0 amide bonds. The van der Waals surface area contributed by atoms with Gasteiger partial charge in [-0.1, -0.05) is 23.4 Å². The first-order valence-corrected chi connectivity index (χ1v) is 4.24. The molecule has 1 aliphatic rings. The lowest BCUT2D eigenvalue weighted by atomic mass is 10.1. The molecular weight excluding hydrogens is 182 g/mol. The fourth-order valence-electron chi connectivity index (χ4n) is 1.26. The van der Waals surface area contributed by atoms with E-state index in [4.69, 9.17) is 5.41 Å². The maximum atomic E-state index is 10.7. The number of hydrogen-bond donors (Lipinski definition) is 2. The quantitative estimate of drug-likeness (QED) is 0.649. The number of allylic oxidation sites excluding steroid dienone is 4. The van der Waals surface area contributed by atoms with Crippen LogP contribution in [0.25, 0.3) is 0 Å². The van der Waals surface area contributed by atoms with Crippen LogP contribution in [0.5, 0.6) is 0 Å². The van der Waals surface area contributed by atoms with Crippen molar-refractivity contribution in [3.8, 4) is 0 Å². The Kier molecular flexibility index (Phi) is 2.14. The molecule has 2 N–H and O–H groups in total. The van der Waals surface area contributed by atoms with Gasteiger partial charge in [0, 0.05) is 12.1 Å². The zero-order chi connectivity index (χ0) is 9.97. The molecule has 1 atom stereocenters. The highest BCUT2D eigenvalue weighted by atomic mass is 16.5. The average Bonchev–Trinajstić information content (AvgIpc) is 2.46. The normalized spacial score (nSPS) is 21.1. The number of aromatic amines is 1. The van der Waals surface area contributed by atoms with E-state index in [1.165, 1.54) is 0 Å². The molecule has 0 radical (unpaired) electrons. The number of H-pyrrole nitrogens is 1. The first kappa shape index (κ1) is 8.68. The van der Waals surface area contributed by atoms with Crippen molar-refractivity contribution in [3.63, 3.8) is 0 Å². The van der Waals surface area contributed by atoms with E-state index < -0.39 is 5.76 Å². The van der Waals surface area contributed by atoms with Crippen molar-refractivity contribution in [3.05, 3.63) is 40.7 Å². The van der Waals surface area contributed by atoms with Crippen molar-refractivity contribution in [1.29, 1.82) is 5.41 Å². The number of nitrogens with one attached hydrogen (secondary N) is 2. The molecule has 1 aromatic rings. The number of aromatic nitrogens is 2. The second kappa shape index (κ2) is 3.45. The van der Waals surface area contributed by atoms with Crippen molar-refractivity contribution in [2.75, 3.05) is 0 Å². The smallest absolute Gasteiger partial charge is 0.305 e. The zero-order valence-electron chi connectivity index (χ0n) is 7.36. The van der Waals surface area contributed by atoms with Crippen LogP contribution < -0.4 is 5.76 Å². The van der Waals surface area contributed by atoms with Gasteiger partial charge in [0.25, 0.3) is 0 Å². The highest BCUT2D eigenvalue weighted by Crippen LogP contribution is 2.16. The summed E-state index contributed by atoms with van der Waals surface area (Å²) in [5, 5.41) is 11.0. The SMILES string of the molecule is N=C1C=CC(c2noc(=O)[nH]2)C=CC1. The van der Waals surface area contributed by atoms with Crippen LogP contribution in [-0.2, 0) is 0 Å². The molecule has 14 heavy (non-hydrogen) atoms. The van der Waals surface area contributed by atoms with Crippen LogP contribution >= 0.6 is 0 Å². The summed E-state index contributed by atoms with van der Waals surface area (Å²) in [5.74, 6) is -0.192. The summed E-state index contributed by atoms with van der Waals surface area (Å²) >= 11 is 0. The Morgan fingerprint density at radius 3 is 3.14 bits per heavy atom. The molecule has 2 rings (SSSR count). The van der Waals surface area contributed by atoms with Crippen LogP contribution in [0, 0.1) is 5.41 Å². The van der Waals surface area contributed by atoms with Crippen molar-refractivity contribution >= 4 is 5.71 Å². The molecule has 0 fully saturated rings. The van der Waals surface area contributed by atoms with Gasteiger partial charge >= 0.3 is 5.76 Å². The minimum atomic E-state index is -0.555. The highest BCUT2D eigenvalue weighted by molar-refractivity contribution is 5.93. The molecule has 0 saturated heterocycles. The summed E-state index contributed by atoms with van der Waals surface area (Å²) in [7, 11) is 0. The maximum absolute atomic E-state index is 10.7. The fraction of sp³-hybridized carbons (Fsp3) is 0.222. The van der Waals surface area contributed by atoms with E-state index in [1.54, 1.807) is 12.2 Å². The second-order valence-corrected chi connectivity index (χ2v) is 3.02. The van der Waals surface area contributed by atoms with Crippen LogP contribution in [0.4, 0.5) is 0 Å². The molecule has 0 spiro atoms. The lowest BCUT2D eigenvalue weighted by Crippen LogP contribution is -1.99. The Hall–Kier alpha value is -1.91. The minimum Gasteiger partial charge on any atom is -0.305 e. The molecule has 0 saturated carbocycles. The topological polar surface area (TPSA) is 82.7 Å². The predicted molar refractivity (Wildman–Crippen MR) is 50.5 cm³/mol. The van der Waals surface area contributed by atoms with Gasteiger partial charge in [-0.25, -0.2) is 4.79 Å². The molecule has 1 aliphatic carbocycles. The molecule has 5 heteroatoms. The summed E-state index contributed by atoms with van der Waals surface area (Å²) in [6.07, 6.45) is 7.87. The largest absolute Gasteiger partial charge is 0.438 e. The van der Waals surface area contributed by atoms with Gasteiger partial charge in [0.2, 0.25) is 0 Å². The second-order valence-electron chi connectivity index (χ2n) is 3.02. The molecule has 0 aromatic carbocycles. The monoisotopic (exact) mass is 191 g/mol. The van der Waals surface area contributed by atoms with Gasteiger partial charge in [0.15, 0.2) is 5.82 Å². The van der Waals surface area contributed by atoms with Gasteiger partial charge in [-0.3, -0.25) is 9.51 Å². The van der Waals surface area contributed by atoms with Crippen LogP contribution in [0.15, 0.2) is 33.6 Å². The Morgan fingerprint density at radius 2 is 2.43 bits per heavy atom.